The molecule has 6 nitrogen and oxygen atoms in total. The zero-order chi connectivity index (χ0) is 21.3. The summed E-state index contributed by atoms with van der Waals surface area (Å²) in [6.07, 6.45) is 5.43. The second-order valence-corrected chi connectivity index (χ2v) is 7.90. The van der Waals surface area contributed by atoms with Crippen LogP contribution in [0.15, 0.2) is 55.0 Å². The Labute approximate surface area is 183 Å². The van der Waals surface area contributed by atoms with Crippen LogP contribution in [0, 0.1) is 6.92 Å². The molecule has 3 aromatic heterocycles. The number of nitrogens with zero attached hydrogens (tertiary/aromatic N) is 4. The van der Waals surface area contributed by atoms with Gasteiger partial charge < -0.3 is 5.32 Å². The summed E-state index contributed by atoms with van der Waals surface area (Å²) in [7, 11) is 0. The monoisotopic (exact) mass is 439 g/mol. The first-order valence-corrected chi connectivity index (χ1v) is 10.2. The van der Waals surface area contributed by atoms with Gasteiger partial charge in [-0.05, 0) is 49.7 Å². The lowest BCUT2D eigenvalue weighted by atomic mass is 10.1. The van der Waals surface area contributed by atoms with Gasteiger partial charge in [0.2, 0.25) is 5.91 Å². The Hall–Kier alpha value is -2.96. The van der Waals surface area contributed by atoms with E-state index in [9.17, 15) is 4.79 Å². The van der Waals surface area contributed by atoms with E-state index in [0.29, 0.717) is 15.7 Å². The summed E-state index contributed by atoms with van der Waals surface area (Å²) in [6.45, 7) is 3.83. The number of pyridine rings is 2. The van der Waals surface area contributed by atoms with Crippen LogP contribution in [0.25, 0.3) is 16.6 Å². The van der Waals surface area contributed by atoms with Crippen molar-refractivity contribution in [1.29, 1.82) is 0 Å². The van der Waals surface area contributed by atoms with Gasteiger partial charge in [-0.15, -0.1) is 0 Å². The zero-order valence-corrected chi connectivity index (χ0v) is 17.9. The molecule has 0 saturated heterocycles. The normalized spacial score (nSPS) is 12.1. The highest BCUT2D eigenvalue weighted by atomic mass is 35.5. The van der Waals surface area contributed by atoms with Gasteiger partial charge in [0.05, 0.1) is 51.8 Å². The SMILES string of the molecule is Cc1cc(-n2ncc3cc(CC(=O)N[C@H](C)c4ccc(Cl)c(Cl)c4)ncc32)ccn1. The Kier molecular flexibility index (Phi) is 5.70. The first-order valence-electron chi connectivity index (χ1n) is 9.41. The van der Waals surface area contributed by atoms with Crippen molar-refractivity contribution in [3.63, 3.8) is 0 Å². The summed E-state index contributed by atoms with van der Waals surface area (Å²) < 4.78 is 1.81. The Morgan fingerprint density at radius 2 is 1.93 bits per heavy atom. The fourth-order valence-corrected chi connectivity index (χ4v) is 3.57. The summed E-state index contributed by atoms with van der Waals surface area (Å²) in [5.41, 5.74) is 4.25. The van der Waals surface area contributed by atoms with Crippen molar-refractivity contribution in [1.82, 2.24) is 25.1 Å². The molecular weight excluding hydrogens is 421 g/mol. The van der Waals surface area contributed by atoms with E-state index in [4.69, 9.17) is 23.2 Å². The number of hydrogen-bond donors (Lipinski definition) is 1. The van der Waals surface area contributed by atoms with Gasteiger partial charge >= 0.3 is 0 Å². The van der Waals surface area contributed by atoms with Crippen molar-refractivity contribution in [3.8, 4) is 5.69 Å². The molecule has 0 aliphatic heterocycles. The molecule has 1 amide bonds. The van der Waals surface area contributed by atoms with E-state index in [0.717, 1.165) is 27.8 Å². The molecule has 4 rings (SSSR count). The van der Waals surface area contributed by atoms with Gasteiger partial charge in [0.25, 0.3) is 0 Å². The second-order valence-electron chi connectivity index (χ2n) is 7.09. The maximum absolute atomic E-state index is 12.5. The maximum atomic E-state index is 12.5. The highest BCUT2D eigenvalue weighted by Gasteiger charge is 2.13. The predicted octanol–water partition coefficient (Wildman–Crippen LogP) is 4.85. The minimum absolute atomic E-state index is 0.127. The van der Waals surface area contributed by atoms with Gasteiger partial charge in [-0.2, -0.15) is 5.10 Å². The number of carbonyl (C=O) groups excluding carboxylic acids is 1. The third-order valence-corrected chi connectivity index (χ3v) is 5.54. The van der Waals surface area contributed by atoms with Crippen LogP contribution >= 0.6 is 23.2 Å². The van der Waals surface area contributed by atoms with Crippen molar-refractivity contribution in [2.45, 2.75) is 26.3 Å². The molecule has 1 aromatic carbocycles. The molecule has 0 unspecified atom stereocenters. The number of carbonyl (C=O) groups is 1. The number of aryl methyl sites for hydroxylation is 1. The summed E-state index contributed by atoms with van der Waals surface area (Å²) >= 11 is 12.0. The van der Waals surface area contributed by atoms with E-state index in [1.165, 1.54) is 0 Å². The lowest BCUT2D eigenvalue weighted by molar-refractivity contribution is -0.121. The minimum Gasteiger partial charge on any atom is -0.349 e. The third kappa shape index (κ3) is 4.30. The molecule has 0 bridgehead atoms. The average molecular weight is 440 g/mol. The topological polar surface area (TPSA) is 72.7 Å². The molecule has 0 saturated carbocycles. The van der Waals surface area contributed by atoms with Gasteiger partial charge in [0, 0.05) is 17.3 Å². The van der Waals surface area contributed by atoms with Crippen LogP contribution in [-0.2, 0) is 11.2 Å². The largest absolute Gasteiger partial charge is 0.349 e. The highest BCUT2D eigenvalue weighted by molar-refractivity contribution is 6.42. The van der Waals surface area contributed by atoms with Crippen molar-refractivity contribution < 1.29 is 4.79 Å². The summed E-state index contributed by atoms with van der Waals surface area (Å²) in [5, 5.41) is 9.29. The van der Waals surface area contributed by atoms with E-state index in [1.54, 1.807) is 30.7 Å². The average Bonchev–Trinajstić information content (AvgIpc) is 3.13. The minimum atomic E-state index is -0.200. The first kappa shape index (κ1) is 20.3. The second kappa shape index (κ2) is 8.42. The molecule has 0 spiro atoms. The van der Waals surface area contributed by atoms with E-state index in [-0.39, 0.29) is 18.4 Å². The van der Waals surface area contributed by atoms with Gasteiger partial charge in [0.15, 0.2) is 0 Å². The van der Waals surface area contributed by atoms with E-state index < -0.39 is 0 Å². The van der Waals surface area contributed by atoms with E-state index >= 15 is 0 Å². The number of fused-ring (bicyclic) bond motifs is 1. The van der Waals surface area contributed by atoms with Crippen LogP contribution in [0.1, 0.15) is 29.9 Å². The molecule has 4 aromatic rings. The number of nitrogens with one attached hydrogen (secondary N) is 1. The zero-order valence-electron chi connectivity index (χ0n) is 16.4. The number of rotatable bonds is 5. The number of amides is 1. The van der Waals surface area contributed by atoms with Crippen LogP contribution in [0.4, 0.5) is 0 Å². The first-order chi connectivity index (χ1) is 14.4. The summed E-state index contributed by atoms with van der Waals surface area (Å²) in [6, 6.07) is 10.9. The fraction of sp³-hybridized carbons (Fsp3) is 0.182. The van der Waals surface area contributed by atoms with Gasteiger partial charge in [-0.25, -0.2) is 4.68 Å². The molecule has 1 atom stereocenters. The number of aromatic nitrogens is 4. The Morgan fingerprint density at radius 3 is 2.70 bits per heavy atom. The van der Waals surface area contributed by atoms with E-state index in [2.05, 4.69) is 20.4 Å². The van der Waals surface area contributed by atoms with Crippen LogP contribution < -0.4 is 5.32 Å². The predicted molar refractivity (Wildman–Crippen MR) is 118 cm³/mol. The highest BCUT2D eigenvalue weighted by Crippen LogP contribution is 2.25. The van der Waals surface area contributed by atoms with Gasteiger partial charge in [-0.1, -0.05) is 29.3 Å². The summed E-state index contributed by atoms with van der Waals surface area (Å²) in [4.78, 5) is 21.2. The molecular formula is C22H19Cl2N5O. The van der Waals surface area contributed by atoms with Gasteiger partial charge in [0.1, 0.15) is 0 Å². The Bertz CT molecular complexity index is 1240. The lowest BCUT2D eigenvalue weighted by Gasteiger charge is -2.15. The van der Waals surface area contributed by atoms with Crippen LogP contribution in [-0.4, -0.2) is 25.7 Å². The lowest BCUT2D eigenvalue weighted by Crippen LogP contribution is -2.28. The Balaban J connectivity index is 1.48. The number of benzene rings is 1. The van der Waals surface area contributed by atoms with Crippen molar-refractivity contribution in [2.75, 3.05) is 0 Å². The van der Waals surface area contributed by atoms with Crippen LogP contribution in [0.2, 0.25) is 10.0 Å². The van der Waals surface area contributed by atoms with Crippen molar-refractivity contribution in [2.24, 2.45) is 0 Å². The molecule has 152 valence electrons. The number of hydrogen-bond acceptors (Lipinski definition) is 4. The molecule has 3 heterocycles. The smallest absolute Gasteiger partial charge is 0.226 e. The standard InChI is InChI=1S/C22H19Cl2N5O/c1-13-7-18(5-6-25-13)29-21-12-26-17(8-16(21)11-27-29)10-22(30)28-14(2)15-3-4-19(23)20(24)9-15/h3-9,11-12,14H,10H2,1-2H3,(H,28,30)/t14-/m1/s1. The fourth-order valence-electron chi connectivity index (χ4n) is 3.26. The summed E-state index contributed by atoms with van der Waals surface area (Å²) in [5.74, 6) is -0.127. The molecule has 30 heavy (non-hydrogen) atoms. The molecule has 1 N–H and O–H groups in total. The molecule has 8 heteroatoms. The Morgan fingerprint density at radius 1 is 1.10 bits per heavy atom. The maximum Gasteiger partial charge on any atom is 0.226 e. The third-order valence-electron chi connectivity index (χ3n) is 4.80. The van der Waals surface area contributed by atoms with Crippen LogP contribution in [0.5, 0.6) is 0 Å². The van der Waals surface area contributed by atoms with Crippen molar-refractivity contribution in [3.05, 3.63) is 82.0 Å². The molecule has 0 fully saturated rings. The van der Waals surface area contributed by atoms with Gasteiger partial charge in [-0.3, -0.25) is 14.8 Å². The number of halogens is 2. The molecule has 0 radical (unpaired) electrons. The van der Waals surface area contributed by atoms with Crippen molar-refractivity contribution >= 4 is 40.0 Å². The van der Waals surface area contributed by atoms with Crippen LogP contribution in [0.3, 0.4) is 0 Å². The molecule has 0 aliphatic carbocycles. The molecule has 0 aliphatic rings. The quantitative estimate of drug-likeness (QED) is 0.482. The van der Waals surface area contributed by atoms with E-state index in [1.807, 2.05) is 42.8 Å².